The van der Waals surface area contributed by atoms with Gasteiger partial charge in [0.05, 0.1) is 17.9 Å². The maximum atomic E-state index is 12.8. The highest BCUT2D eigenvalue weighted by molar-refractivity contribution is 5.95. The fourth-order valence-corrected chi connectivity index (χ4v) is 4.56. The predicted octanol–water partition coefficient (Wildman–Crippen LogP) is 5.40. The van der Waals surface area contributed by atoms with Crippen LogP contribution in [0.25, 0.3) is 11.1 Å². The summed E-state index contributed by atoms with van der Waals surface area (Å²) in [5, 5.41) is 9.11. The summed E-state index contributed by atoms with van der Waals surface area (Å²) in [6.07, 6.45) is -2.86. The lowest BCUT2D eigenvalue weighted by atomic mass is 9.87. The number of nitrogens with zero attached hydrogens (tertiary/aromatic N) is 1. The molecule has 1 amide bonds. The van der Waals surface area contributed by atoms with Crippen LogP contribution in [0.1, 0.15) is 42.5 Å². The molecule has 1 aliphatic carbocycles. The molecule has 1 heterocycles. The number of hydrogen-bond acceptors (Lipinski definition) is 3. The van der Waals surface area contributed by atoms with Crippen LogP contribution in [0, 0.1) is 11.8 Å². The van der Waals surface area contributed by atoms with Crippen LogP contribution in [0.15, 0.2) is 48.5 Å². The first-order valence-electron chi connectivity index (χ1n) is 11.2. The number of benzene rings is 2. The summed E-state index contributed by atoms with van der Waals surface area (Å²) in [5.74, 6) is -2.15. The standard InChI is InChI=1S/C25H26F3NO4/c26-25(27,28)20-7-11-22(12-8-20)33-21-9-5-17(6-10-21)16-1-3-18(4-2-16)23(30)29-14-13-19(15-29)24(31)32/h1-6,9-10,19-20,22H,7-8,11-15H2,(H,31,32)/t19-,20?,22?/m0/s1. The number of alkyl halides is 3. The van der Waals surface area contributed by atoms with Crippen LogP contribution in [-0.4, -0.2) is 47.3 Å². The van der Waals surface area contributed by atoms with Gasteiger partial charge in [0.15, 0.2) is 0 Å². The minimum atomic E-state index is -4.12. The van der Waals surface area contributed by atoms with Gasteiger partial charge in [-0.05, 0) is 67.5 Å². The minimum Gasteiger partial charge on any atom is -0.490 e. The normalized spacial score (nSPS) is 23.4. The number of rotatable bonds is 5. The van der Waals surface area contributed by atoms with Crippen molar-refractivity contribution in [3.8, 4) is 16.9 Å². The molecule has 1 N–H and O–H groups in total. The number of aliphatic carboxylic acids is 1. The minimum absolute atomic E-state index is 0.103. The predicted molar refractivity (Wildman–Crippen MR) is 116 cm³/mol. The molecular weight excluding hydrogens is 435 g/mol. The van der Waals surface area contributed by atoms with Gasteiger partial charge in [0, 0.05) is 18.7 Å². The summed E-state index contributed by atoms with van der Waals surface area (Å²) < 4.78 is 44.3. The van der Waals surface area contributed by atoms with E-state index in [1.807, 2.05) is 24.3 Å². The summed E-state index contributed by atoms with van der Waals surface area (Å²) in [7, 11) is 0. The molecule has 1 aliphatic heterocycles. The molecule has 0 aromatic heterocycles. The molecule has 1 saturated heterocycles. The molecule has 8 heteroatoms. The van der Waals surface area contributed by atoms with Gasteiger partial charge in [-0.3, -0.25) is 9.59 Å². The molecule has 2 aromatic carbocycles. The van der Waals surface area contributed by atoms with E-state index in [-0.39, 0.29) is 31.4 Å². The van der Waals surface area contributed by atoms with E-state index in [2.05, 4.69) is 0 Å². The Morgan fingerprint density at radius 1 is 0.879 bits per heavy atom. The smallest absolute Gasteiger partial charge is 0.391 e. The maximum Gasteiger partial charge on any atom is 0.391 e. The van der Waals surface area contributed by atoms with Crippen molar-refractivity contribution >= 4 is 11.9 Å². The number of halogens is 3. The van der Waals surface area contributed by atoms with Crippen molar-refractivity contribution in [3.63, 3.8) is 0 Å². The molecule has 2 fully saturated rings. The Bertz CT molecular complexity index is 980. The first-order chi connectivity index (χ1) is 15.7. The van der Waals surface area contributed by atoms with Crippen LogP contribution < -0.4 is 4.74 Å². The van der Waals surface area contributed by atoms with Crippen LogP contribution >= 0.6 is 0 Å². The first kappa shape index (κ1) is 23.1. The lowest BCUT2D eigenvalue weighted by Crippen LogP contribution is -2.31. The molecule has 33 heavy (non-hydrogen) atoms. The number of carboxylic acid groups (broad SMARTS) is 1. The Kier molecular flexibility index (Phi) is 6.63. The molecule has 0 bridgehead atoms. The number of carbonyl (C=O) groups is 2. The van der Waals surface area contributed by atoms with E-state index < -0.39 is 24.0 Å². The molecule has 0 radical (unpaired) electrons. The van der Waals surface area contributed by atoms with Crippen molar-refractivity contribution < 1.29 is 32.6 Å². The van der Waals surface area contributed by atoms with Crippen LogP contribution in [0.5, 0.6) is 5.75 Å². The third-order valence-electron chi connectivity index (χ3n) is 6.58. The number of hydrogen-bond donors (Lipinski definition) is 1. The Balaban J connectivity index is 1.33. The van der Waals surface area contributed by atoms with E-state index >= 15 is 0 Å². The van der Waals surface area contributed by atoms with Crippen molar-refractivity contribution in [3.05, 3.63) is 54.1 Å². The summed E-state index contributed by atoms with van der Waals surface area (Å²) >= 11 is 0. The van der Waals surface area contributed by atoms with Gasteiger partial charge < -0.3 is 14.7 Å². The zero-order valence-electron chi connectivity index (χ0n) is 18.1. The Morgan fingerprint density at radius 2 is 1.45 bits per heavy atom. The topological polar surface area (TPSA) is 66.8 Å². The van der Waals surface area contributed by atoms with Gasteiger partial charge in [0.25, 0.3) is 5.91 Å². The summed E-state index contributed by atoms with van der Waals surface area (Å²) in [6, 6.07) is 14.5. The highest BCUT2D eigenvalue weighted by Gasteiger charge is 2.41. The van der Waals surface area contributed by atoms with E-state index in [4.69, 9.17) is 9.84 Å². The zero-order chi connectivity index (χ0) is 23.6. The number of carbonyl (C=O) groups excluding carboxylic acids is 1. The molecule has 2 aromatic rings. The molecule has 0 unspecified atom stereocenters. The third-order valence-corrected chi connectivity index (χ3v) is 6.58. The van der Waals surface area contributed by atoms with Gasteiger partial charge in [-0.15, -0.1) is 0 Å². The van der Waals surface area contributed by atoms with Crippen molar-refractivity contribution in [2.24, 2.45) is 11.8 Å². The Hall–Kier alpha value is -3.03. The summed E-state index contributed by atoms with van der Waals surface area (Å²) in [5.41, 5.74) is 2.35. The number of amides is 1. The fourth-order valence-electron chi connectivity index (χ4n) is 4.56. The second-order valence-electron chi connectivity index (χ2n) is 8.81. The molecule has 5 nitrogen and oxygen atoms in total. The first-order valence-corrected chi connectivity index (χ1v) is 11.2. The third kappa shape index (κ3) is 5.49. The van der Waals surface area contributed by atoms with Crippen molar-refractivity contribution in [1.82, 2.24) is 4.90 Å². The SMILES string of the molecule is O=C(O)[C@H]1CCN(C(=O)c2ccc(-c3ccc(OC4CCC(C(F)(F)F)CC4)cc3)cc2)C1. The molecule has 2 aliphatic rings. The second-order valence-corrected chi connectivity index (χ2v) is 8.81. The summed E-state index contributed by atoms with van der Waals surface area (Å²) in [4.78, 5) is 25.3. The Morgan fingerprint density at radius 3 is 1.97 bits per heavy atom. The fraction of sp³-hybridized carbons (Fsp3) is 0.440. The highest BCUT2D eigenvalue weighted by Crippen LogP contribution is 2.38. The van der Waals surface area contributed by atoms with Crippen molar-refractivity contribution in [2.75, 3.05) is 13.1 Å². The van der Waals surface area contributed by atoms with Crippen LogP contribution in [-0.2, 0) is 4.79 Å². The van der Waals surface area contributed by atoms with Gasteiger partial charge >= 0.3 is 12.1 Å². The monoisotopic (exact) mass is 461 g/mol. The van der Waals surface area contributed by atoms with E-state index in [1.54, 1.807) is 29.2 Å². The van der Waals surface area contributed by atoms with Gasteiger partial charge in [-0.25, -0.2) is 0 Å². The van der Waals surface area contributed by atoms with E-state index in [0.29, 0.717) is 37.1 Å². The van der Waals surface area contributed by atoms with Crippen molar-refractivity contribution in [1.29, 1.82) is 0 Å². The lowest BCUT2D eigenvalue weighted by molar-refractivity contribution is -0.185. The summed E-state index contributed by atoms with van der Waals surface area (Å²) in [6.45, 7) is 0.673. The van der Waals surface area contributed by atoms with Crippen LogP contribution in [0.2, 0.25) is 0 Å². The molecule has 4 rings (SSSR count). The van der Waals surface area contributed by atoms with Crippen LogP contribution in [0.4, 0.5) is 13.2 Å². The highest BCUT2D eigenvalue weighted by atomic mass is 19.4. The average molecular weight is 461 g/mol. The zero-order valence-corrected chi connectivity index (χ0v) is 18.1. The molecule has 1 saturated carbocycles. The van der Waals surface area contributed by atoms with Gasteiger partial charge in [-0.2, -0.15) is 13.2 Å². The van der Waals surface area contributed by atoms with E-state index in [1.165, 1.54) is 0 Å². The average Bonchev–Trinajstić information content (AvgIpc) is 3.30. The van der Waals surface area contributed by atoms with Gasteiger partial charge in [0.1, 0.15) is 5.75 Å². The van der Waals surface area contributed by atoms with Gasteiger partial charge in [-0.1, -0.05) is 24.3 Å². The second kappa shape index (κ2) is 9.45. The quantitative estimate of drug-likeness (QED) is 0.648. The van der Waals surface area contributed by atoms with E-state index in [0.717, 1.165) is 11.1 Å². The van der Waals surface area contributed by atoms with Gasteiger partial charge in [0.2, 0.25) is 0 Å². The lowest BCUT2D eigenvalue weighted by Gasteiger charge is -2.30. The number of likely N-dealkylation sites (tertiary alicyclic amines) is 1. The van der Waals surface area contributed by atoms with E-state index in [9.17, 15) is 22.8 Å². The number of carboxylic acids is 1. The Labute approximate surface area is 190 Å². The molecular formula is C25H26F3NO4. The molecule has 1 atom stereocenters. The molecule has 176 valence electrons. The van der Waals surface area contributed by atoms with Crippen LogP contribution in [0.3, 0.4) is 0 Å². The molecule has 0 spiro atoms. The number of ether oxygens (including phenoxy) is 1. The largest absolute Gasteiger partial charge is 0.490 e. The maximum absolute atomic E-state index is 12.8. The van der Waals surface area contributed by atoms with Crippen molar-refractivity contribution in [2.45, 2.75) is 44.4 Å².